The van der Waals surface area contributed by atoms with Crippen LogP contribution in [-0.4, -0.2) is 54.4 Å². The molecule has 31 heavy (non-hydrogen) atoms. The van der Waals surface area contributed by atoms with E-state index in [1.54, 1.807) is 46.1 Å². The number of rotatable bonds is 5. The first-order chi connectivity index (χ1) is 14.6. The summed E-state index contributed by atoms with van der Waals surface area (Å²) in [6.45, 7) is 6.44. The lowest BCUT2D eigenvalue weighted by Crippen LogP contribution is -2.46. The van der Waals surface area contributed by atoms with Gasteiger partial charge in [0.25, 0.3) is 0 Å². The molecule has 0 saturated heterocycles. The van der Waals surface area contributed by atoms with E-state index in [0.717, 1.165) is 5.56 Å². The minimum atomic E-state index is -0.661. The zero-order valence-electron chi connectivity index (χ0n) is 18.0. The number of hydrogen-bond acceptors (Lipinski definition) is 8. The Morgan fingerprint density at radius 3 is 2.58 bits per heavy atom. The molecule has 1 amide bonds. The van der Waals surface area contributed by atoms with Gasteiger partial charge in [-0.3, -0.25) is 9.69 Å². The van der Waals surface area contributed by atoms with Gasteiger partial charge in [0, 0.05) is 30.2 Å². The molecule has 1 aliphatic rings. The van der Waals surface area contributed by atoms with Crippen molar-refractivity contribution in [1.29, 1.82) is 0 Å². The van der Waals surface area contributed by atoms with E-state index in [2.05, 4.69) is 10.2 Å². The van der Waals surface area contributed by atoms with Crippen LogP contribution in [0.4, 0.5) is 16.3 Å². The van der Waals surface area contributed by atoms with E-state index < -0.39 is 11.7 Å². The molecule has 3 rings (SSSR count). The quantitative estimate of drug-likeness (QED) is 0.696. The molecule has 2 aromatic rings. The zero-order chi connectivity index (χ0) is 22.8. The second-order valence-corrected chi connectivity index (χ2v) is 8.51. The number of carbonyl (C=O) groups is 2. The molecule has 0 atom stereocenters. The number of anilines is 2. The van der Waals surface area contributed by atoms with E-state index in [4.69, 9.17) is 26.8 Å². The van der Waals surface area contributed by atoms with Crippen LogP contribution >= 0.6 is 11.6 Å². The van der Waals surface area contributed by atoms with Gasteiger partial charge in [-0.1, -0.05) is 11.6 Å². The van der Waals surface area contributed by atoms with E-state index in [9.17, 15) is 9.59 Å². The third kappa shape index (κ3) is 5.23. The summed E-state index contributed by atoms with van der Waals surface area (Å²) >= 11 is 6.18. The Labute approximate surface area is 186 Å². The fourth-order valence-electron chi connectivity index (χ4n) is 3.22. The van der Waals surface area contributed by atoms with E-state index in [1.165, 1.54) is 4.90 Å². The molecule has 2 N–H and O–H groups in total. The Balaban J connectivity index is 2.01. The zero-order valence-corrected chi connectivity index (χ0v) is 18.8. The highest BCUT2D eigenvalue weighted by Gasteiger charge is 2.33. The van der Waals surface area contributed by atoms with Crippen LogP contribution in [0, 0.1) is 0 Å². The molecule has 1 aliphatic heterocycles. The lowest BCUT2D eigenvalue weighted by Gasteiger charge is -2.37. The smallest absolute Gasteiger partial charge is 0.416 e. The summed E-state index contributed by atoms with van der Waals surface area (Å²) in [5.41, 5.74) is 6.40. The first-order valence-corrected chi connectivity index (χ1v) is 10.2. The maximum absolute atomic E-state index is 12.8. The van der Waals surface area contributed by atoms with Gasteiger partial charge in [0.1, 0.15) is 17.0 Å². The van der Waals surface area contributed by atoms with Crippen LogP contribution < -0.4 is 20.3 Å². The fraction of sp³-hybridized carbons (Fsp3) is 0.429. The van der Waals surface area contributed by atoms with Crippen molar-refractivity contribution in [2.24, 2.45) is 5.73 Å². The van der Waals surface area contributed by atoms with Crippen molar-refractivity contribution in [1.82, 2.24) is 10.2 Å². The lowest BCUT2D eigenvalue weighted by molar-refractivity contribution is 0.0578. The average Bonchev–Trinajstić information content (AvgIpc) is 2.72. The summed E-state index contributed by atoms with van der Waals surface area (Å²) in [4.78, 5) is 28.3. The lowest BCUT2D eigenvalue weighted by atomic mass is 10.1. The Kier molecular flexibility index (Phi) is 6.66. The van der Waals surface area contributed by atoms with Crippen molar-refractivity contribution >= 4 is 35.0 Å². The van der Waals surface area contributed by atoms with Crippen LogP contribution in [0.1, 0.15) is 36.8 Å². The number of nitrogens with two attached hydrogens (primary N) is 1. The number of fused-ring (bicyclic) bond motifs is 1. The molecule has 9 nitrogen and oxygen atoms in total. The molecule has 1 aromatic heterocycles. The summed E-state index contributed by atoms with van der Waals surface area (Å²) in [6, 6.07) is 6.97. The van der Waals surface area contributed by atoms with E-state index in [1.807, 2.05) is 11.0 Å². The molecule has 0 spiro atoms. The summed E-state index contributed by atoms with van der Waals surface area (Å²) in [7, 11) is 1.59. The van der Waals surface area contributed by atoms with Crippen LogP contribution in [0.2, 0.25) is 5.02 Å². The Bertz CT molecular complexity index is 992. The topological polar surface area (TPSA) is 111 Å². The van der Waals surface area contributed by atoms with Gasteiger partial charge < -0.3 is 20.1 Å². The fourth-order valence-corrected chi connectivity index (χ4v) is 3.42. The molecule has 0 bridgehead atoms. The Hall–Kier alpha value is -2.91. The SMILES string of the molecule is COc1ccc(Cl)cc1CN1CCN(C(=O)OC(C)(C)C)c2nnc(C(=O)CN)cc21. The number of hydrogen-bond donors (Lipinski definition) is 1. The summed E-state index contributed by atoms with van der Waals surface area (Å²) in [6.07, 6.45) is -0.527. The highest BCUT2D eigenvalue weighted by Crippen LogP contribution is 2.35. The second-order valence-electron chi connectivity index (χ2n) is 8.08. The molecule has 0 aliphatic carbocycles. The molecule has 10 heteroatoms. The van der Waals surface area contributed by atoms with Crippen molar-refractivity contribution in [3.8, 4) is 5.75 Å². The second kappa shape index (κ2) is 9.07. The van der Waals surface area contributed by atoms with Crippen molar-refractivity contribution in [3.05, 3.63) is 40.5 Å². The first-order valence-electron chi connectivity index (χ1n) is 9.82. The van der Waals surface area contributed by atoms with Crippen molar-refractivity contribution < 1.29 is 19.1 Å². The van der Waals surface area contributed by atoms with E-state index >= 15 is 0 Å². The van der Waals surface area contributed by atoms with E-state index in [0.29, 0.717) is 41.9 Å². The van der Waals surface area contributed by atoms with E-state index in [-0.39, 0.29) is 18.0 Å². The number of aromatic nitrogens is 2. The van der Waals surface area contributed by atoms with Gasteiger partial charge in [-0.2, -0.15) is 0 Å². The average molecular weight is 448 g/mol. The molecule has 0 saturated carbocycles. The molecule has 0 radical (unpaired) electrons. The van der Waals surface area contributed by atoms with Gasteiger partial charge in [0.15, 0.2) is 11.6 Å². The molecular weight excluding hydrogens is 422 g/mol. The van der Waals surface area contributed by atoms with Crippen LogP contribution in [0.15, 0.2) is 24.3 Å². The van der Waals surface area contributed by atoms with Gasteiger partial charge in [-0.25, -0.2) is 4.79 Å². The predicted molar refractivity (Wildman–Crippen MR) is 118 cm³/mol. The normalized spacial score (nSPS) is 13.6. The van der Waals surface area contributed by atoms with Crippen LogP contribution in [0.5, 0.6) is 5.75 Å². The third-order valence-corrected chi connectivity index (χ3v) is 4.87. The molecule has 166 valence electrons. The van der Waals surface area contributed by atoms with Crippen LogP contribution in [0.25, 0.3) is 0 Å². The number of ether oxygens (including phenoxy) is 2. The predicted octanol–water partition coefficient (Wildman–Crippen LogP) is 3.04. The van der Waals surface area contributed by atoms with Gasteiger partial charge in [-0.05, 0) is 45.0 Å². The van der Waals surface area contributed by atoms with Crippen molar-refractivity contribution in [3.63, 3.8) is 0 Å². The number of halogens is 1. The number of Topliss-reactive ketones (excluding diaryl/α,β-unsaturated/α-hetero) is 1. The van der Waals surface area contributed by atoms with Gasteiger partial charge in [-0.15, -0.1) is 10.2 Å². The third-order valence-electron chi connectivity index (χ3n) is 4.63. The van der Waals surface area contributed by atoms with Crippen LogP contribution in [0.3, 0.4) is 0 Å². The Morgan fingerprint density at radius 1 is 1.19 bits per heavy atom. The highest BCUT2D eigenvalue weighted by molar-refractivity contribution is 6.30. The minimum absolute atomic E-state index is 0.135. The molecule has 0 fully saturated rings. The number of ketones is 1. The first kappa shape index (κ1) is 22.8. The van der Waals surface area contributed by atoms with Crippen molar-refractivity contribution in [2.45, 2.75) is 32.9 Å². The summed E-state index contributed by atoms with van der Waals surface area (Å²) in [5, 5.41) is 8.73. The summed E-state index contributed by atoms with van der Waals surface area (Å²) < 4.78 is 11.0. The maximum atomic E-state index is 12.8. The van der Waals surface area contributed by atoms with Crippen molar-refractivity contribution in [2.75, 3.05) is 36.5 Å². The standard InChI is InChI=1S/C21H26ClN5O4/c1-21(2,3)31-20(29)27-8-7-26(12-13-9-14(22)5-6-18(13)30-4)16-10-15(17(28)11-23)24-25-19(16)27/h5-6,9-10H,7-8,11-12,23H2,1-4H3. The van der Waals surface area contributed by atoms with Gasteiger partial charge in [0.2, 0.25) is 0 Å². The largest absolute Gasteiger partial charge is 0.496 e. The van der Waals surface area contributed by atoms with Gasteiger partial charge in [0.05, 0.1) is 19.3 Å². The molecule has 2 heterocycles. The maximum Gasteiger partial charge on any atom is 0.416 e. The number of nitrogens with zero attached hydrogens (tertiary/aromatic N) is 4. The summed E-state index contributed by atoms with van der Waals surface area (Å²) in [5.74, 6) is 0.654. The molecular formula is C21H26ClN5O4. The minimum Gasteiger partial charge on any atom is -0.496 e. The number of benzene rings is 1. The molecule has 0 unspecified atom stereocenters. The highest BCUT2D eigenvalue weighted by atomic mass is 35.5. The number of methoxy groups -OCH3 is 1. The number of amides is 1. The monoisotopic (exact) mass is 447 g/mol. The number of carbonyl (C=O) groups excluding carboxylic acids is 2. The van der Waals surface area contributed by atoms with Gasteiger partial charge >= 0.3 is 6.09 Å². The van der Waals surface area contributed by atoms with Crippen LogP contribution in [-0.2, 0) is 11.3 Å². The Morgan fingerprint density at radius 2 is 1.94 bits per heavy atom. The molecule has 1 aromatic carbocycles.